The molecule has 0 unspecified atom stereocenters. The van der Waals surface area contributed by atoms with Gasteiger partial charge in [-0.3, -0.25) is 4.79 Å². The molecule has 4 nitrogen and oxygen atoms in total. The first kappa shape index (κ1) is 13.2. The number of carbonyl (C=O) groups is 1. The highest BCUT2D eigenvalue weighted by atomic mass is 79.9. The second-order valence-corrected chi connectivity index (χ2v) is 4.45. The number of nitrogens with zero attached hydrogens (tertiary/aromatic N) is 2. The quantitative estimate of drug-likeness (QED) is 0.924. The van der Waals surface area contributed by atoms with Crippen LogP contribution in [0.5, 0.6) is 0 Å². The molecule has 0 spiro atoms. The van der Waals surface area contributed by atoms with Gasteiger partial charge in [0.05, 0.1) is 5.56 Å². The summed E-state index contributed by atoms with van der Waals surface area (Å²) in [4.78, 5) is 15.9. The molecule has 94 valence electrons. The van der Waals surface area contributed by atoms with Crippen molar-refractivity contribution >= 4 is 27.5 Å². The lowest BCUT2D eigenvalue weighted by Crippen LogP contribution is -2.14. The van der Waals surface area contributed by atoms with Crippen LogP contribution in [0.15, 0.2) is 41.0 Å². The van der Waals surface area contributed by atoms with Crippen molar-refractivity contribution in [2.45, 2.75) is 0 Å². The van der Waals surface area contributed by atoms with Gasteiger partial charge in [0.2, 0.25) is 0 Å². The molecule has 6 heteroatoms. The Kier molecular flexibility index (Phi) is 3.88. The van der Waals surface area contributed by atoms with Crippen LogP contribution in [0.2, 0.25) is 0 Å². The predicted molar refractivity (Wildman–Crippen MR) is 71.0 cm³/mol. The number of amides is 1. The summed E-state index contributed by atoms with van der Waals surface area (Å²) in [5.74, 6) is -1.07. The number of nitriles is 1. The third kappa shape index (κ3) is 2.95. The zero-order chi connectivity index (χ0) is 13.8. The molecule has 19 heavy (non-hydrogen) atoms. The van der Waals surface area contributed by atoms with Crippen LogP contribution in [0, 0.1) is 17.1 Å². The minimum atomic E-state index is -0.625. The van der Waals surface area contributed by atoms with Gasteiger partial charge in [-0.15, -0.1) is 0 Å². The first-order valence-electron chi connectivity index (χ1n) is 5.23. The Morgan fingerprint density at radius 1 is 1.42 bits per heavy atom. The lowest BCUT2D eigenvalue weighted by Gasteiger charge is -2.06. The summed E-state index contributed by atoms with van der Waals surface area (Å²) < 4.78 is 13.7. The van der Waals surface area contributed by atoms with Crippen molar-refractivity contribution in [3.8, 4) is 6.07 Å². The van der Waals surface area contributed by atoms with Gasteiger partial charge in [0, 0.05) is 16.4 Å². The molecule has 0 aliphatic rings. The van der Waals surface area contributed by atoms with Gasteiger partial charge >= 0.3 is 0 Å². The lowest BCUT2D eigenvalue weighted by atomic mass is 10.2. The fourth-order valence-electron chi connectivity index (χ4n) is 1.43. The topological polar surface area (TPSA) is 65.8 Å². The summed E-state index contributed by atoms with van der Waals surface area (Å²) >= 11 is 3.21. The minimum absolute atomic E-state index is 0.127. The molecule has 0 radical (unpaired) electrons. The fourth-order valence-corrected chi connectivity index (χ4v) is 1.87. The minimum Gasteiger partial charge on any atom is -0.321 e. The Morgan fingerprint density at radius 2 is 2.21 bits per heavy atom. The standard InChI is InChI=1S/C13H7BrFN3O/c14-10-2-1-5-17-12(10)13(19)18-9-3-4-11(15)8(6-9)7-16/h1-6H,(H,18,19). The Morgan fingerprint density at radius 3 is 2.89 bits per heavy atom. The molecule has 1 N–H and O–H groups in total. The fraction of sp³-hybridized carbons (Fsp3) is 0. The largest absolute Gasteiger partial charge is 0.321 e. The molecule has 0 aliphatic carbocycles. The maximum absolute atomic E-state index is 13.1. The summed E-state index contributed by atoms with van der Waals surface area (Å²) in [5, 5.41) is 11.3. The highest BCUT2D eigenvalue weighted by Crippen LogP contribution is 2.17. The van der Waals surface area contributed by atoms with Crippen molar-refractivity contribution in [2.24, 2.45) is 0 Å². The number of hydrogen-bond acceptors (Lipinski definition) is 3. The van der Waals surface area contributed by atoms with E-state index in [0.29, 0.717) is 10.2 Å². The maximum atomic E-state index is 13.1. The normalized spacial score (nSPS) is 9.74. The molecule has 0 saturated heterocycles. The number of rotatable bonds is 2. The smallest absolute Gasteiger partial charge is 0.275 e. The molecule has 1 amide bonds. The third-order valence-corrected chi connectivity index (χ3v) is 2.96. The molecule has 0 fully saturated rings. The van der Waals surface area contributed by atoms with Crippen LogP contribution >= 0.6 is 15.9 Å². The van der Waals surface area contributed by atoms with Crippen LogP contribution in [0.4, 0.5) is 10.1 Å². The summed E-state index contributed by atoms with van der Waals surface area (Å²) in [6.45, 7) is 0. The van der Waals surface area contributed by atoms with Gasteiger partial charge in [0.25, 0.3) is 5.91 Å². The average Bonchev–Trinajstić information content (AvgIpc) is 2.41. The van der Waals surface area contributed by atoms with E-state index in [1.54, 1.807) is 18.2 Å². The van der Waals surface area contributed by atoms with E-state index in [1.165, 1.54) is 18.3 Å². The summed E-state index contributed by atoms with van der Waals surface area (Å²) in [5.41, 5.74) is 0.420. The zero-order valence-corrected chi connectivity index (χ0v) is 11.1. The van der Waals surface area contributed by atoms with Gasteiger partial charge < -0.3 is 5.32 Å². The van der Waals surface area contributed by atoms with Crippen LogP contribution in [0.1, 0.15) is 16.1 Å². The number of nitrogens with one attached hydrogen (secondary N) is 1. The lowest BCUT2D eigenvalue weighted by molar-refractivity contribution is 0.102. The molecular weight excluding hydrogens is 313 g/mol. The van der Waals surface area contributed by atoms with Crippen LogP contribution in [-0.4, -0.2) is 10.9 Å². The first-order chi connectivity index (χ1) is 9.11. The molecule has 1 aromatic carbocycles. The number of anilines is 1. The Bertz CT molecular complexity index is 682. The highest BCUT2D eigenvalue weighted by molar-refractivity contribution is 9.10. The van der Waals surface area contributed by atoms with E-state index in [2.05, 4.69) is 26.2 Å². The van der Waals surface area contributed by atoms with Crippen LogP contribution < -0.4 is 5.32 Å². The Hall–Kier alpha value is -2.26. The van der Waals surface area contributed by atoms with Gasteiger partial charge in [-0.25, -0.2) is 9.37 Å². The number of benzene rings is 1. The monoisotopic (exact) mass is 319 g/mol. The number of halogens is 2. The predicted octanol–water partition coefficient (Wildman–Crippen LogP) is 3.11. The van der Waals surface area contributed by atoms with Crippen molar-refractivity contribution in [3.63, 3.8) is 0 Å². The van der Waals surface area contributed by atoms with Crippen LogP contribution in [-0.2, 0) is 0 Å². The summed E-state index contributed by atoms with van der Waals surface area (Å²) in [6.07, 6.45) is 1.49. The van der Waals surface area contributed by atoms with Gasteiger partial charge in [-0.2, -0.15) is 5.26 Å². The molecule has 1 aromatic heterocycles. The number of carbonyl (C=O) groups excluding carboxylic acids is 1. The van der Waals surface area contributed by atoms with E-state index in [-0.39, 0.29) is 11.3 Å². The molecule has 0 atom stereocenters. The third-order valence-electron chi connectivity index (χ3n) is 2.32. The van der Waals surface area contributed by atoms with Gasteiger partial charge in [0.1, 0.15) is 17.6 Å². The summed E-state index contributed by atoms with van der Waals surface area (Å²) in [7, 11) is 0. The van der Waals surface area contributed by atoms with Crippen molar-refractivity contribution in [2.75, 3.05) is 5.32 Å². The molecule has 2 rings (SSSR count). The van der Waals surface area contributed by atoms with Gasteiger partial charge in [0.15, 0.2) is 0 Å². The average molecular weight is 320 g/mol. The molecular formula is C13H7BrFN3O. The zero-order valence-electron chi connectivity index (χ0n) is 9.52. The van der Waals surface area contributed by atoms with E-state index < -0.39 is 11.7 Å². The van der Waals surface area contributed by atoms with E-state index in [0.717, 1.165) is 6.07 Å². The SMILES string of the molecule is N#Cc1cc(NC(=O)c2ncccc2Br)ccc1F. The van der Waals surface area contributed by atoms with Gasteiger partial charge in [-0.1, -0.05) is 0 Å². The second kappa shape index (κ2) is 5.59. The second-order valence-electron chi connectivity index (χ2n) is 3.59. The molecule has 0 saturated carbocycles. The molecule has 1 heterocycles. The van der Waals surface area contributed by atoms with Crippen molar-refractivity contribution in [1.82, 2.24) is 4.98 Å². The maximum Gasteiger partial charge on any atom is 0.275 e. The van der Waals surface area contributed by atoms with Crippen molar-refractivity contribution in [3.05, 3.63) is 58.1 Å². The van der Waals surface area contributed by atoms with E-state index >= 15 is 0 Å². The van der Waals surface area contributed by atoms with Crippen molar-refractivity contribution < 1.29 is 9.18 Å². The number of hydrogen-bond donors (Lipinski definition) is 1. The molecule has 0 aliphatic heterocycles. The summed E-state index contributed by atoms with van der Waals surface area (Å²) in [6, 6.07) is 8.86. The molecule has 0 bridgehead atoms. The first-order valence-corrected chi connectivity index (χ1v) is 6.02. The van der Waals surface area contributed by atoms with Gasteiger partial charge in [-0.05, 0) is 46.3 Å². The number of pyridine rings is 1. The van der Waals surface area contributed by atoms with Crippen LogP contribution in [0.25, 0.3) is 0 Å². The van der Waals surface area contributed by atoms with Crippen LogP contribution in [0.3, 0.4) is 0 Å². The van der Waals surface area contributed by atoms with Crippen molar-refractivity contribution in [1.29, 1.82) is 5.26 Å². The number of aromatic nitrogens is 1. The molecule has 2 aromatic rings. The van der Waals surface area contributed by atoms with E-state index in [4.69, 9.17) is 5.26 Å². The Balaban J connectivity index is 2.25. The highest BCUT2D eigenvalue weighted by Gasteiger charge is 2.12. The van der Waals surface area contributed by atoms with E-state index in [9.17, 15) is 9.18 Å². The van der Waals surface area contributed by atoms with E-state index in [1.807, 2.05) is 0 Å². The Labute approximate surface area is 117 Å².